The molecule has 0 saturated carbocycles. The second kappa shape index (κ2) is 5.02. The monoisotopic (exact) mass is 270 g/mol. The average Bonchev–Trinajstić information content (AvgIpc) is 2.10. The molecule has 1 amide bonds. The van der Waals surface area contributed by atoms with E-state index >= 15 is 0 Å². The van der Waals surface area contributed by atoms with E-state index in [4.69, 9.17) is 0 Å². The molecule has 0 unspecified atom stereocenters. The van der Waals surface area contributed by atoms with Crippen molar-refractivity contribution in [3.63, 3.8) is 0 Å². The smallest absolute Gasteiger partial charge is 0.231 e. The quantitative estimate of drug-likeness (QED) is 0.676. The van der Waals surface area contributed by atoms with Crippen LogP contribution >= 0.6 is 15.9 Å². The number of pyridine rings is 1. The fourth-order valence-electron chi connectivity index (χ4n) is 1.06. The standard InChI is InChI=1S/C10H11BrN2O2/c1-6-3-8(5-12-10(6)11)13-9(15)4-7(2)14/h3,5H,4H2,1-2H3,(H,13,15). The molecule has 0 aliphatic rings. The highest BCUT2D eigenvalue weighted by atomic mass is 79.9. The number of amides is 1. The van der Waals surface area contributed by atoms with Gasteiger partial charge in [0.1, 0.15) is 10.4 Å². The zero-order chi connectivity index (χ0) is 11.4. The van der Waals surface area contributed by atoms with Gasteiger partial charge in [0.15, 0.2) is 0 Å². The van der Waals surface area contributed by atoms with Gasteiger partial charge >= 0.3 is 0 Å². The fourth-order valence-corrected chi connectivity index (χ4v) is 1.27. The third-order valence-corrected chi connectivity index (χ3v) is 2.54. The van der Waals surface area contributed by atoms with E-state index in [0.717, 1.165) is 10.2 Å². The summed E-state index contributed by atoms with van der Waals surface area (Å²) in [6, 6.07) is 1.79. The lowest BCUT2D eigenvalue weighted by Gasteiger charge is -2.05. The van der Waals surface area contributed by atoms with E-state index in [1.54, 1.807) is 6.07 Å². The molecule has 0 aliphatic heterocycles. The maximum atomic E-state index is 11.2. The van der Waals surface area contributed by atoms with Gasteiger partial charge in [-0.1, -0.05) is 0 Å². The van der Waals surface area contributed by atoms with E-state index in [9.17, 15) is 9.59 Å². The molecule has 15 heavy (non-hydrogen) atoms. The van der Waals surface area contributed by atoms with Crippen molar-refractivity contribution in [2.24, 2.45) is 0 Å². The second-order valence-electron chi connectivity index (χ2n) is 3.26. The Balaban J connectivity index is 2.69. The van der Waals surface area contributed by atoms with Gasteiger partial charge in [-0.3, -0.25) is 9.59 Å². The van der Waals surface area contributed by atoms with Crippen molar-refractivity contribution in [1.82, 2.24) is 4.98 Å². The first-order chi connectivity index (χ1) is 6.99. The molecule has 4 nitrogen and oxygen atoms in total. The van der Waals surface area contributed by atoms with Gasteiger partial charge in [0, 0.05) is 0 Å². The number of carbonyl (C=O) groups excluding carboxylic acids is 2. The molecule has 0 radical (unpaired) electrons. The van der Waals surface area contributed by atoms with Crippen molar-refractivity contribution in [2.45, 2.75) is 20.3 Å². The topological polar surface area (TPSA) is 59.1 Å². The summed E-state index contributed by atoms with van der Waals surface area (Å²) in [5.74, 6) is -0.472. The predicted octanol–water partition coefficient (Wildman–Crippen LogP) is 2.07. The molecule has 80 valence electrons. The zero-order valence-corrected chi connectivity index (χ0v) is 10.1. The number of Topliss-reactive ketones (excluding diaryl/α,β-unsaturated/α-hetero) is 1. The minimum Gasteiger partial charge on any atom is -0.324 e. The van der Waals surface area contributed by atoms with Crippen LogP contribution in [-0.4, -0.2) is 16.7 Å². The molecular weight excluding hydrogens is 260 g/mol. The Hall–Kier alpha value is -1.23. The number of ketones is 1. The Morgan fingerprint density at radius 2 is 2.20 bits per heavy atom. The average molecular weight is 271 g/mol. The molecule has 0 spiro atoms. The van der Waals surface area contributed by atoms with Gasteiger partial charge in [0.25, 0.3) is 0 Å². The molecular formula is C10H11BrN2O2. The van der Waals surface area contributed by atoms with Crippen molar-refractivity contribution >= 4 is 33.3 Å². The number of hydrogen-bond acceptors (Lipinski definition) is 3. The molecule has 1 heterocycles. The van der Waals surface area contributed by atoms with Gasteiger partial charge in [-0.15, -0.1) is 0 Å². The molecule has 1 rings (SSSR count). The second-order valence-corrected chi connectivity index (χ2v) is 4.01. The van der Waals surface area contributed by atoms with E-state index in [1.165, 1.54) is 13.1 Å². The molecule has 0 fully saturated rings. The normalized spacial score (nSPS) is 9.80. The molecule has 1 aromatic rings. The first-order valence-electron chi connectivity index (χ1n) is 4.40. The van der Waals surface area contributed by atoms with Gasteiger partial charge < -0.3 is 5.32 Å². The van der Waals surface area contributed by atoms with Crippen LogP contribution in [0.4, 0.5) is 5.69 Å². The van der Waals surface area contributed by atoms with Crippen molar-refractivity contribution in [3.05, 3.63) is 22.4 Å². The Morgan fingerprint density at radius 1 is 1.53 bits per heavy atom. The molecule has 0 aromatic carbocycles. The summed E-state index contributed by atoms with van der Waals surface area (Å²) in [4.78, 5) is 26.0. The van der Waals surface area contributed by atoms with Crippen LogP contribution in [0.3, 0.4) is 0 Å². The number of nitrogens with one attached hydrogen (secondary N) is 1. The van der Waals surface area contributed by atoms with Gasteiger partial charge in [-0.2, -0.15) is 0 Å². The number of anilines is 1. The van der Waals surface area contributed by atoms with Crippen LogP contribution in [0.5, 0.6) is 0 Å². The van der Waals surface area contributed by atoms with Gasteiger partial charge in [-0.05, 0) is 41.4 Å². The highest BCUT2D eigenvalue weighted by Crippen LogP contribution is 2.16. The third kappa shape index (κ3) is 3.79. The summed E-state index contributed by atoms with van der Waals surface area (Å²) < 4.78 is 0.743. The Morgan fingerprint density at radius 3 is 2.73 bits per heavy atom. The molecule has 0 aliphatic carbocycles. The number of aromatic nitrogens is 1. The minimum absolute atomic E-state index is 0.102. The van der Waals surface area contributed by atoms with Crippen LogP contribution in [0.2, 0.25) is 0 Å². The SMILES string of the molecule is CC(=O)CC(=O)Nc1cnc(Br)c(C)c1. The summed E-state index contributed by atoms with van der Waals surface area (Å²) >= 11 is 3.26. The lowest BCUT2D eigenvalue weighted by atomic mass is 10.2. The first kappa shape index (κ1) is 11.8. The Labute approximate surface area is 96.2 Å². The maximum Gasteiger partial charge on any atom is 0.231 e. The van der Waals surface area contributed by atoms with Crippen molar-refractivity contribution < 1.29 is 9.59 Å². The minimum atomic E-state index is -0.314. The number of nitrogens with zero attached hydrogens (tertiary/aromatic N) is 1. The van der Waals surface area contributed by atoms with E-state index in [0.29, 0.717) is 5.69 Å². The van der Waals surface area contributed by atoms with E-state index in [1.807, 2.05) is 6.92 Å². The van der Waals surface area contributed by atoms with Gasteiger partial charge in [-0.25, -0.2) is 4.98 Å². The van der Waals surface area contributed by atoms with Crippen LogP contribution < -0.4 is 5.32 Å². The van der Waals surface area contributed by atoms with Gasteiger partial charge in [0.05, 0.1) is 18.3 Å². The molecule has 5 heteroatoms. The zero-order valence-electron chi connectivity index (χ0n) is 8.50. The van der Waals surface area contributed by atoms with Crippen molar-refractivity contribution in [1.29, 1.82) is 0 Å². The molecule has 1 N–H and O–H groups in total. The lowest BCUT2D eigenvalue weighted by molar-refractivity contribution is -0.124. The summed E-state index contributed by atoms with van der Waals surface area (Å²) in [5.41, 5.74) is 1.53. The lowest BCUT2D eigenvalue weighted by Crippen LogP contribution is -2.14. The number of carbonyl (C=O) groups is 2. The summed E-state index contributed by atoms with van der Waals surface area (Å²) in [5, 5.41) is 2.60. The maximum absolute atomic E-state index is 11.2. The Kier molecular flexibility index (Phi) is 3.96. The number of rotatable bonds is 3. The van der Waals surface area contributed by atoms with Crippen LogP contribution in [-0.2, 0) is 9.59 Å². The fraction of sp³-hybridized carbons (Fsp3) is 0.300. The van der Waals surface area contributed by atoms with E-state index in [2.05, 4.69) is 26.2 Å². The van der Waals surface area contributed by atoms with Crippen molar-refractivity contribution in [2.75, 3.05) is 5.32 Å². The third-order valence-electron chi connectivity index (χ3n) is 1.71. The highest BCUT2D eigenvalue weighted by molar-refractivity contribution is 9.10. The predicted molar refractivity (Wildman–Crippen MR) is 60.6 cm³/mol. The number of halogens is 1. The summed E-state index contributed by atoms with van der Waals surface area (Å²) in [6.45, 7) is 3.25. The van der Waals surface area contributed by atoms with Crippen LogP contribution in [0.25, 0.3) is 0 Å². The van der Waals surface area contributed by atoms with E-state index < -0.39 is 0 Å². The summed E-state index contributed by atoms with van der Waals surface area (Å²) in [6.07, 6.45) is 1.43. The number of hydrogen-bond donors (Lipinski definition) is 1. The largest absolute Gasteiger partial charge is 0.324 e. The first-order valence-corrected chi connectivity index (χ1v) is 5.20. The number of aryl methyl sites for hydroxylation is 1. The van der Waals surface area contributed by atoms with Gasteiger partial charge in [0.2, 0.25) is 5.91 Å². The van der Waals surface area contributed by atoms with Crippen LogP contribution in [0, 0.1) is 6.92 Å². The molecule has 1 aromatic heterocycles. The van der Waals surface area contributed by atoms with Crippen molar-refractivity contribution in [3.8, 4) is 0 Å². The molecule has 0 bridgehead atoms. The molecule has 0 saturated heterocycles. The van der Waals surface area contributed by atoms with E-state index in [-0.39, 0.29) is 18.1 Å². The van der Waals surface area contributed by atoms with Crippen LogP contribution in [0.1, 0.15) is 18.9 Å². The molecule has 0 atom stereocenters. The Bertz CT molecular complexity index is 404. The summed E-state index contributed by atoms with van der Waals surface area (Å²) in [7, 11) is 0. The van der Waals surface area contributed by atoms with Crippen LogP contribution in [0.15, 0.2) is 16.9 Å². The highest BCUT2D eigenvalue weighted by Gasteiger charge is 2.06.